The van der Waals surface area contributed by atoms with E-state index < -0.39 is 24.6 Å². The number of nitrogens with one attached hydrogen (secondary N) is 1. The van der Waals surface area contributed by atoms with Crippen LogP contribution in [0.25, 0.3) is 5.69 Å². The van der Waals surface area contributed by atoms with Crippen LogP contribution >= 0.6 is 11.6 Å². The molecule has 10 heteroatoms. The minimum absolute atomic E-state index is 0.00219. The van der Waals surface area contributed by atoms with Crippen LogP contribution in [0.1, 0.15) is 0 Å². The predicted octanol–water partition coefficient (Wildman–Crippen LogP) is 2.24. The lowest BCUT2D eigenvalue weighted by atomic mass is 10.2. The molecule has 1 amide bonds. The molecule has 0 fully saturated rings. The van der Waals surface area contributed by atoms with Crippen LogP contribution in [0.2, 0.25) is 5.02 Å². The third-order valence-corrected chi connectivity index (χ3v) is 4.25. The Morgan fingerprint density at radius 2 is 2.07 bits per heavy atom. The number of ether oxygens (including phenoxy) is 3. The molecule has 2 heterocycles. The van der Waals surface area contributed by atoms with Crippen LogP contribution in [0.3, 0.4) is 0 Å². The van der Waals surface area contributed by atoms with Gasteiger partial charge in [-0.3, -0.25) is 4.79 Å². The molecule has 0 spiro atoms. The molecule has 0 saturated heterocycles. The lowest BCUT2D eigenvalue weighted by molar-refractivity contribution is -0.156. The van der Waals surface area contributed by atoms with E-state index >= 15 is 0 Å². The van der Waals surface area contributed by atoms with Gasteiger partial charge in [0.25, 0.3) is 5.91 Å². The number of benzene rings is 2. The number of fused-ring (bicyclic) bond motifs is 1. The fraction of sp³-hybridized carbons (Fsp3) is 0.158. The Labute approximate surface area is 170 Å². The molecule has 3 aromatic rings. The second kappa shape index (κ2) is 8.19. The maximum atomic E-state index is 12.3. The van der Waals surface area contributed by atoms with Crippen molar-refractivity contribution in [3.05, 3.63) is 60.1 Å². The topological polar surface area (TPSA) is 105 Å². The second-order valence-corrected chi connectivity index (χ2v) is 6.46. The van der Waals surface area contributed by atoms with Gasteiger partial charge < -0.3 is 19.5 Å². The molecule has 9 nitrogen and oxygen atoms in total. The van der Waals surface area contributed by atoms with Gasteiger partial charge in [0.05, 0.1) is 11.4 Å². The molecule has 0 aliphatic carbocycles. The lowest BCUT2D eigenvalue weighted by Crippen LogP contribution is -2.39. The van der Waals surface area contributed by atoms with Gasteiger partial charge in [0, 0.05) is 5.02 Å². The molecule has 1 N–H and O–H groups in total. The molecule has 0 radical (unpaired) electrons. The average molecular weight is 415 g/mol. The van der Waals surface area contributed by atoms with Crippen LogP contribution in [0.5, 0.6) is 11.5 Å². The van der Waals surface area contributed by atoms with Crippen molar-refractivity contribution in [2.45, 2.75) is 6.10 Å². The summed E-state index contributed by atoms with van der Waals surface area (Å²) in [7, 11) is 0. The van der Waals surface area contributed by atoms with E-state index in [0.717, 1.165) is 0 Å². The molecule has 2 aromatic carbocycles. The first-order chi connectivity index (χ1) is 14.1. The first kappa shape index (κ1) is 18.8. The van der Waals surface area contributed by atoms with Gasteiger partial charge in [0.15, 0.2) is 18.1 Å². The summed E-state index contributed by atoms with van der Waals surface area (Å²) in [6.07, 6.45) is 1.90. The highest BCUT2D eigenvalue weighted by atomic mass is 35.5. The lowest BCUT2D eigenvalue weighted by Gasteiger charge is -2.24. The fourth-order valence-electron chi connectivity index (χ4n) is 2.69. The highest BCUT2D eigenvalue weighted by Gasteiger charge is 2.29. The number of aromatic nitrogens is 3. The van der Waals surface area contributed by atoms with Crippen molar-refractivity contribution < 1.29 is 23.8 Å². The quantitative estimate of drug-likeness (QED) is 0.638. The molecule has 148 valence electrons. The third-order valence-electron chi connectivity index (χ3n) is 4.02. The monoisotopic (exact) mass is 414 g/mol. The maximum absolute atomic E-state index is 12.3. The summed E-state index contributed by atoms with van der Waals surface area (Å²) >= 11 is 6.02. The summed E-state index contributed by atoms with van der Waals surface area (Å²) in [5.41, 5.74) is 0.961. The fourth-order valence-corrected chi connectivity index (χ4v) is 2.86. The number of esters is 1. The van der Waals surface area contributed by atoms with Gasteiger partial charge in [0.1, 0.15) is 19.3 Å². The van der Waals surface area contributed by atoms with E-state index in [1.54, 1.807) is 42.5 Å². The van der Waals surface area contributed by atoms with Crippen LogP contribution < -0.4 is 14.8 Å². The summed E-state index contributed by atoms with van der Waals surface area (Å²) in [6.45, 7) is -0.494. The molecule has 0 bridgehead atoms. The Hall–Kier alpha value is -3.59. The highest BCUT2D eigenvalue weighted by molar-refractivity contribution is 6.31. The highest BCUT2D eigenvalue weighted by Crippen LogP contribution is 2.31. The van der Waals surface area contributed by atoms with Crippen molar-refractivity contribution in [1.82, 2.24) is 14.8 Å². The van der Waals surface area contributed by atoms with E-state index in [4.69, 9.17) is 25.8 Å². The van der Waals surface area contributed by atoms with Crippen LogP contribution in [0.4, 0.5) is 5.69 Å². The standard InChI is InChI=1S/C19H15ClN4O5/c20-12-5-6-14(24-11-21-10-22-24)13(7-12)23-18(25)9-28-19(26)17-8-27-15-3-1-2-4-16(15)29-17/h1-7,10-11,17H,8-9H2,(H,23,25)/t17-/m1/s1. The van der Waals surface area contributed by atoms with Gasteiger partial charge >= 0.3 is 5.97 Å². The van der Waals surface area contributed by atoms with Crippen LogP contribution in [-0.2, 0) is 14.3 Å². The van der Waals surface area contributed by atoms with E-state index in [9.17, 15) is 9.59 Å². The number of amides is 1. The Morgan fingerprint density at radius 3 is 2.86 bits per heavy atom. The molecule has 0 saturated carbocycles. The first-order valence-electron chi connectivity index (χ1n) is 8.59. The number of hydrogen-bond donors (Lipinski definition) is 1. The molecule has 1 atom stereocenters. The summed E-state index contributed by atoms with van der Waals surface area (Å²) in [5, 5.41) is 7.11. The summed E-state index contributed by atoms with van der Waals surface area (Å²) < 4.78 is 17.6. The Kier molecular flexibility index (Phi) is 5.30. The Balaban J connectivity index is 1.36. The van der Waals surface area contributed by atoms with Crippen LogP contribution in [0, 0.1) is 0 Å². The zero-order valence-corrected chi connectivity index (χ0v) is 15.7. The number of halogens is 1. The average Bonchev–Trinajstić information content (AvgIpc) is 3.26. The van der Waals surface area contributed by atoms with E-state index in [0.29, 0.717) is 27.9 Å². The first-order valence-corrected chi connectivity index (χ1v) is 8.97. The summed E-state index contributed by atoms with van der Waals surface area (Å²) in [6, 6.07) is 11.9. The molecule has 1 aliphatic rings. The number of nitrogens with zero attached hydrogens (tertiary/aromatic N) is 3. The van der Waals surface area contributed by atoms with E-state index in [-0.39, 0.29) is 6.61 Å². The van der Waals surface area contributed by atoms with Gasteiger partial charge in [-0.25, -0.2) is 14.5 Å². The molecule has 4 rings (SSSR count). The predicted molar refractivity (Wildman–Crippen MR) is 102 cm³/mol. The SMILES string of the molecule is O=C(COC(=O)[C@H]1COc2ccccc2O1)Nc1cc(Cl)ccc1-n1cncn1. The van der Waals surface area contributed by atoms with Gasteiger partial charge in [-0.05, 0) is 30.3 Å². The third kappa shape index (κ3) is 4.30. The normalized spacial score (nSPS) is 14.9. The van der Waals surface area contributed by atoms with Crippen molar-refractivity contribution in [2.75, 3.05) is 18.5 Å². The zero-order valence-electron chi connectivity index (χ0n) is 14.9. The largest absolute Gasteiger partial charge is 0.485 e. The zero-order chi connectivity index (χ0) is 20.2. The van der Waals surface area contributed by atoms with E-state index in [2.05, 4.69) is 15.4 Å². The second-order valence-electron chi connectivity index (χ2n) is 6.02. The Morgan fingerprint density at radius 1 is 1.24 bits per heavy atom. The molecular weight excluding hydrogens is 400 g/mol. The maximum Gasteiger partial charge on any atom is 0.351 e. The van der Waals surface area contributed by atoms with Gasteiger partial charge in [-0.1, -0.05) is 23.7 Å². The van der Waals surface area contributed by atoms with Crippen LogP contribution in [-0.4, -0.2) is 46.0 Å². The minimum atomic E-state index is -0.949. The van der Waals surface area contributed by atoms with Crippen LogP contribution in [0.15, 0.2) is 55.1 Å². The van der Waals surface area contributed by atoms with E-state index in [1.165, 1.54) is 17.3 Å². The number of hydrogen-bond acceptors (Lipinski definition) is 7. The molecule has 29 heavy (non-hydrogen) atoms. The number of anilines is 1. The van der Waals surface area contributed by atoms with Crippen molar-refractivity contribution >= 4 is 29.2 Å². The number of para-hydroxylation sites is 2. The number of carbonyl (C=O) groups is 2. The van der Waals surface area contributed by atoms with Gasteiger partial charge in [0.2, 0.25) is 6.10 Å². The minimum Gasteiger partial charge on any atom is -0.485 e. The molecule has 1 aliphatic heterocycles. The molecule has 1 aromatic heterocycles. The molecular formula is C19H15ClN4O5. The van der Waals surface area contributed by atoms with Crippen molar-refractivity contribution in [2.24, 2.45) is 0 Å². The summed E-state index contributed by atoms with van der Waals surface area (Å²) in [4.78, 5) is 28.4. The van der Waals surface area contributed by atoms with E-state index in [1.807, 2.05) is 0 Å². The van der Waals surface area contributed by atoms with Crippen molar-refractivity contribution in [3.63, 3.8) is 0 Å². The van der Waals surface area contributed by atoms with Gasteiger partial charge in [-0.2, -0.15) is 5.10 Å². The molecule has 0 unspecified atom stereocenters. The summed E-state index contributed by atoms with van der Waals surface area (Å²) in [5.74, 6) is -0.242. The Bertz CT molecular complexity index is 1040. The smallest absolute Gasteiger partial charge is 0.351 e. The van der Waals surface area contributed by atoms with Crippen molar-refractivity contribution in [3.8, 4) is 17.2 Å². The van der Waals surface area contributed by atoms with Crippen molar-refractivity contribution in [1.29, 1.82) is 0 Å². The van der Waals surface area contributed by atoms with Gasteiger partial charge in [-0.15, -0.1) is 0 Å². The number of carbonyl (C=O) groups excluding carboxylic acids is 2. The number of rotatable bonds is 5.